The number of fused-ring (bicyclic) bond motifs is 1. The fourth-order valence-corrected chi connectivity index (χ4v) is 1.55. The quantitative estimate of drug-likeness (QED) is 0.811. The molecule has 0 aliphatic carbocycles. The van der Waals surface area contributed by atoms with E-state index in [2.05, 4.69) is 0 Å². The van der Waals surface area contributed by atoms with Crippen molar-refractivity contribution >= 4 is 5.97 Å². The van der Waals surface area contributed by atoms with Gasteiger partial charge in [0.2, 0.25) is 6.79 Å². The molecule has 1 atom stereocenters. The van der Waals surface area contributed by atoms with Gasteiger partial charge in [0, 0.05) is 6.07 Å². The molecule has 0 fully saturated rings. The molecule has 1 unspecified atom stereocenters. The van der Waals surface area contributed by atoms with E-state index in [-0.39, 0.29) is 19.0 Å². The van der Waals surface area contributed by atoms with E-state index >= 15 is 0 Å². The Kier molecular flexibility index (Phi) is 2.60. The average Bonchev–Trinajstić information content (AvgIpc) is 2.65. The standard InChI is InChI=1S/C11H12O5/c1-6(11(13)14)2-7-3-9-10(4-8(7)12)16-5-15-9/h3-4,6,12H,2,5H2,1H3,(H,13,14). The maximum absolute atomic E-state index is 10.7. The van der Waals surface area contributed by atoms with E-state index in [9.17, 15) is 9.90 Å². The van der Waals surface area contributed by atoms with Gasteiger partial charge >= 0.3 is 5.97 Å². The fourth-order valence-electron chi connectivity index (χ4n) is 1.55. The molecule has 86 valence electrons. The van der Waals surface area contributed by atoms with Crippen LogP contribution in [-0.4, -0.2) is 23.0 Å². The van der Waals surface area contributed by atoms with E-state index in [4.69, 9.17) is 14.6 Å². The lowest BCUT2D eigenvalue weighted by molar-refractivity contribution is -0.141. The second-order valence-electron chi connectivity index (χ2n) is 3.78. The number of rotatable bonds is 3. The number of aliphatic carboxylic acids is 1. The number of benzene rings is 1. The van der Waals surface area contributed by atoms with Crippen LogP contribution in [0.1, 0.15) is 12.5 Å². The number of aromatic hydroxyl groups is 1. The minimum atomic E-state index is -0.892. The minimum Gasteiger partial charge on any atom is -0.508 e. The van der Waals surface area contributed by atoms with Gasteiger partial charge in [-0.2, -0.15) is 0 Å². The number of phenolic OH excluding ortho intramolecular Hbond substituents is 1. The largest absolute Gasteiger partial charge is 0.508 e. The third-order valence-corrected chi connectivity index (χ3v) is 2.52. The van der Waals surface area contributed by atoms with Crippen LogP contribution in [0, 0.1) is 5.92 Å². The van der Waals surface area contributed by atoms with Gasteiger partial charge in [-0.1, -0.05) is 6.92 Å². The van der Waals surface area contributed by atoms with Gasteiger partial charge in [0.05, 0.1) is 5.92 Å². The molecule has 2 rings (SSSR count). The first-order valence-corrected chi connectivity index (χ1v) is 4.92. The molecule has 5 heteroatoms. The van der Waals surface area contributed by atoms with Crippen LogP contribution in [-0.2, 0) is 11.2 Å². The molecular weight excluding hydrogens is 212 g/mol. The number of ether oxygens (including phenoxy) is 2. The van der Waals surface area contributed by atoms with Gasteiger partial charge < -0.3 is 19.7 Å². The SMILES string of the molecule is CC(Cc1cc2c(cc1O)OCO2)C(=O)O. The first-order valence-electron chi connectivity index (χ1n) is 4.92. The zero-order chi connectivity index (χ0) is 11.7. The van der Waals surface area contributed by atoms with Crippen molar-refractivity contribution in [3.05, 3.63) is 17.7 Å². The smallest absolute Gasteiger partial charge is 0.306 e. The van der Waals surface area contributed by atoms with E-state index in [1.807, 2.05) is 0 Å². The highest BCUT2D eigenvalue weighted by Gasteiger charge is 2.20. The number of carboxylic acid groups (broad SMARTS) is 1. The lowest BCUT2D eigenvalue weighted by atomic mass is 10.00. The van der Waals surface area contributed by atoms with Crippen LogP contribution >= 0.6 is 0 Å². The Morgan fingerprint density at radius 2 is 2.06 bits per heavy atom. The molecule has 0 saturated carbocycles. The topological polar surface area (TPSA) is 76.0 Å². The highest BCUT2D eigenvalue weighted by atomic mass is 16.7. The van der Waals surface area contributed by atoms with Gasteiger partial charge in [0.1, 0.15) is 5.75 Å². The zero-order valence-corrected chi connectivity index (χ0v) is 8.77. The van der Waals surface area contributed by atoms with Crippen LogP contribution in [0.4, 0.5) is 0 Å². The molecule has 16 heavy (non-hydrogen) atoms. The second-order valence-corrected chi connectivity index (χ2v) is 3.78. The van der Waals surface area contributed by atoms with Crippen LogP contribution < -0.4 is 9.47 Å². The summed E-state index contributed by atoms with van der Waals surface area (Å²) in [6.45, 7) is 1.72. The first kappa shape index (κ1) is 10.6. The lowest BCUT2D eigenvalue weighted by Crippen LogP contribution is -2.12. The van der Waals surface area contributed by atoms with E-state index < -0.39 is 11.9 Å². The highest BCUT2D eigenvalue weighted by Crippen LogP contribution is 2.38. The number of carboxylic acids is 1. The van der Waals surface area contributed by atoms with Gasteiger partial charge in [-0.05, 0) is 18.1 Å². The minimum absolute atomic E-state index is 0.0392. The number of phenols is 1. The van der Waals surface area contributed by atoms with Crippen molar-refractivity contribution in [1.29, 1.82) is 0 Å². The third kappa shape index (κ3) is 1.88. The number of hydrogen-bond donors (Lipinski definition) is 2. The molecule has 0 bridgehead atoms. The summed E-state index contributed by atoms with van der Waals surface area (Å²) < 4.78 is 10.2. The monoisotopic (exact) mass is 224 g/mol. The Morgan fingerprint density at radius 1 is 1.44 bits per heavy atom. The first-order chi connectivity index (χ1) is 7.58. The maximum atomic E-state index is 10.7. The normalized spacial score (nSPS) is 14.8. The highest BCUT2D eigenvalue weighted by molar-refractivity contribution is 5.70. The van der Waals surface area contributed by atoms with Crippen molar-refractivity contribution in [1.82, 2.24) is 0 Å². The molecule has 0 spiro atoms. The number of hydrogen-bond acceptors (Lipinski definition) is 4. The molecule has 0 saturated heterocycles. The van der Waals surface area contributed by atoms with E-state index in [1.54, 1.807) is 13.0 Å². The number of carbonyl (C=O) groups is 1. The molecule has 0 aromatic heterocycles. The predicted molar refractivity (Wildman–Crippen MR) is 54.7 cm³/mol. The molecular formula is C11H12O5. The summed E-state index contributed by atoms with van der Waals surface area (Å²) in [7, 11) is 0. The van der Waals surface area contributed by atoms with Crippen molar-refractivity contribution in [2.75, 3.05) is 6.79 Å². The van der Waals surface area contributed by atoms with Gasteiger partial charge in [0.25, 0.3) is 0 Å². The van der Waals surface area contributed by atoms with Crippen LogP contribution in [0.25, 0.3) is 0 Å². The van der Waals surface area contributed by atoms with Crippen molar-refractivity contribution in [3.63, 3.8) is 0 Å². The molecule has 1 aliphatic rings. The molecule has 1 aromatic rings. The van der Waals surface area contributed by atoms with Gasteiger partial charge in [-0.15, -0.1) is 0 Å². The predicted octanol–water partition coefficient (Wildman–Crippen LogP) is 1.38. The molecule has 1 heterocycles. The fraction of sp³-hybridized carbons (Fsp3) is 0.364. The van der Waals surface area contributed by atoms with Crippen LogP contribution in [0.2, 0.25) is 0 Å². The molecule has 5 nitrogen and oxygen atoms in total. The summed E-state index contributed by atoms with van der Waals surface area (Å²) in [6.07, 6.45) is 0.262. The summed E-state index contributed by atoms with van der Waals surface area (Å²) in [5, 5.41) is 18.5. The molecule has 0 radical (unpaired) electrons. The Morgan fingerprint density at radius 3 is 2.69 bits per heavy atom. The maximum Gasteiger partial charge on any atom is 0.306 e. The van der Waals surface area contributed by atoms with Crippen molar-refractivity contribution in [3.8, 4) is 17.2 Å². The van der Waals surface area contributed by atoms with Crippen molar-refractivity contribution in [2.24, 2.45) is 5.92 Å². The Bertz CT molecular complexity index is 427. The van der Waals surface area contributed by atoms with Gasteiger partial charge in [0.15, 0.2) is 11.5 Å². The summed E-state index contributed by atoms with van der Waals surface area (Å²) >= 11 is 0. The van der Waals surface area contributed by atoms with E-state index in [0.29, 0.717) is 17.1 Å². The Balaban J connectivity index is 2.25. The van der Waals surface area contributed by atoms with Crippen LogP contribution in [0.5, 0.6) is 17.2 Å². The van der Waals surface area contributed by atoms with Crippen LogP contribution in [0.3, 0.4) is 0 Å². The molecule has 1 aliphatic heterocycles. The van der Waals surface area contributed by atoms with E-state index in [0.717, 1.165) is 0 Å². The summed E-state index contributed by atoms with van der Waals surface area (Å²) in [4.78, 5) is 10.7. The Hall–Kier alpha value is -1.91. The van der Waals surface area contributed by atoms with Crippen LogP contribution in [0.15, 0.2) is 12.1 Å². The zero-order valence-electron chi connectivity index (χ0n) is 8.77. The summed E-state index contributed by atoms with van der Waals surface area (Å²) in [5.41, 5.74) is 0.555. The van der Waals surface area contributed by atoms with Crippen molar-refractivity contribution in [2.45, 2.75) is 13.3 Å². The summed E-state index contributed by atoms with van der Waals surface area (Å²) in [5.74, 6) is -0.365. The van der Waals surface area contributed by atoms with E-state index in [1.165, 1.54) is 6.07 Å². The molecule has 2 N–H and O–H groups in total. The molecule has 1 aromatic carbocycles. The van der Waals surface area contributed by atoms with Gasteiger partial charge in [-0.3, -0.25) is 4.79 Å². The van der Waals surface area contributed by atoms with Gasteiger partial charge in [-0.25, -0.2) is 0 Å². The lowest BCUT2D eigenvalue weighted by Gasteiger charge is -2.09. The average molecular weight is 224 g/mol. The summed E-state index contributed by atoms with van der Waals surface area (Å²) in [6, 6.07) is 3.07. The molecule has 0 amide bonds. The second kappa shape index (κ2) is 3.92. The Labute approximate surface area is 92.2 Å². The van der Waals surface area contributed by atoms with Crippen molar-refractivity contribution < 1.29 is 24.5 Å². The third-order valence-electron chi connectivity index (χ3n) is 2.52.